The van der Waals surface area contributed by atoms with Crippen molar-refractivity contribution in [3.63, 3.8) is 0 Å². The Hall–Kier alpha value is -2.27. The Kier molecular flexibility index (Phi) is 6.26. The lowest BCUT2D eigenvalue weighted by Gasteiger charge is -2.33. The Balaban J connectivity index is 1.49. The fraction of sp³-hybridized carbons (Fsp3) is 0.478. The Morgan fingerprint density at radius 3 is 2.48 bits per heavy atom. The van der Waals surface area contributed by atoms with Crippen molar-refractivity contribution in [3.8, 4) is 17.0 Å². The summed E-state index contributed by atoms with van der Waals surface area (Å²) in [5, 5.41) is 12.2. The van der Waals surface area contributed by atoms with Crippen LogP contribution in [0.5, 0.6) is 5.75 Å². The molecule has 2 fully saturated rings. The molecule has 0 radical (unpaired) electrons. The number of nitrogens with zero attached hydrogens (tertiary/aromatic N) is 5. The van der Waals surface area contributed by atoms with Crippen LogP contribution >= 0.6 is 11.3 Å². The van der Waals surface area contributed by atoms with Gasteiger partial charge in [0.25, 0.3) is 0 Å². The molecule has 2 saturated heterocycles. The second-order valence-corrected chi connectivity index (χ2v) is 11.7. The molecule has 3 aromatic rings. The van der Waals surface area contributed by atoms with Crippen molar-refractivity contribution in [2.45, 2.75) is 25.8 Å². The number of thiophene rings is 1. The number of sulfonamides is 1. The zero-order valence-corrected chi connectivity index (χ0v) is 20.4. The fourth-order valence-corrected chi connectivity index (χ4v) is 6.45. The Bertz CT molecular complexity index is 1250. The van der Waals surface area contributed by atoms with E-state index in [4.69, 9.17) is 9.97 Å². The van der Waals surface area contributed by atoms with Gasteiger partial charge in [0.1, 0.15) is 5.75 Å². The van der Waals surface area contributed by atoms with Gasteiger partial charge in [0.15, 0.2) is 0 Å². The Labute approximate surface area is 198 Å². The van der Waals surface area contributed by atoms with Gasteiger partial charge in [0.05, 0.1) is 22.2 Å². The van der Waals surface area contributed by atoms with Crippen LogP contribution in [0.3, 0.4) is 0 Å². The number of fused-ring (bicyclic) bond motifs is 1. The number of aromatic nitrogens is 2. The van der Waals surface area contributed by atoms with Crippen molar-refractivity contribution in [2.75, 3.05) is 50.4 Å². The summed E-state index contributed by atoms with van der Waals surface area (Å²) in [5.41, 5.74) is 3.84. The number of rotatable bonds is 5. The molecule has 2 aromatic heterocycles. The zero-order chi connectivity index (χ0) is 23.0. The molecule has 0 unspecified atom stereocenters. The van der Waals surface area contributed by atoms with Crippen molar-refractivity contribution in [3.05, 3.63) is 35.2 Å². The van der Waals surface area contributed by atoms with Gasteiger partial charge in [0.2, 0.25) is 16.0 Å². The van der Waals surface area contributed by atoms with Gasteiger partial charge < -0.3 is 10.0 Å². The molecule has 1 aromatic carbocycles. The summed E-state index contributed by atoms with van der Waals surface area (Å²) in [6, 6.07) is 7.25. The SMILES string of the molecule is CS(=O)(=O)N1CCN(Cc2csc3c(-c4cccc(O)c4)nc(N4CCCCC4)nc23)CC1. The summed E-state index contributed by atoms with van der Waals surface area (Å²) in [7, 11) is -3.14. The van der Waals surface area contributed by atoms with E-state index in [1.165, 1.54) is 12.7 Å². The van der Waals surface area contributed by atoms with Gasteiger partial charge in [-0.05, 0) is 36.8 Å². The molecular weight excluding hydrogens is 458 g/mol. The number of piperidine rings is 1. The largest absolute Gasteiger partial charge is 0.508 e. The first-order valence-corrected chi connectivity index (χ1v) is 14.1. The van der Waals surface area contributed by atoms with Crippen LogP contribution in [0.25, 0.3) is 21.5 Å². The lowest BCUT2D eigenvalue weighted by molar-refractivity contribution is 0.183. The first kappa shape index (κ1) is 22.5. The average Bonchev–Trinajstić information content (AvgIpc) is 3.21. The van der Waals surface area contributed by atoms with Gasteiger partial charge >= 0.3 is 0 Å². The van der Waals surface area contributed by atoms with Crippen LogP contribution in [-0.2, 0) is 16.6 Å². The van der Waals surface area contributed by atoms with E-state index in [9.17, 15) is 13.5 Å². The molecule has 2 aliphatic heterocycles. The lowest BCUT2D eigenvalue weighted by Crippen LogP contribution is -2.47. The van der Waals surface area contributed by atoms with E-state index in [2.05, 4.69) is 15.2 Å². The third kappa shape index (κ3) is 4.84. The molecule has 0 amide bonds. The summed E-state index contributed by atoms with van der Waals surface area (Å²) >= 11 is 1.63. The first-order chi connectivity index (χ1) is 15.9. The Morgan fingerprint density at radius 2 is 1.79 bits per heavy atom. The molecule has 5 rings (SSSR count). The standard InChI is InChI=1S/C23H29N5O3S2/c1-33(30,31)28-12-10-26(11-13-28)15-18-16-32-22-20(17-6-5-7-19(29)14-17)24-23(25-21(18)22)27-8-3-2-4-9-27/h5-7,14,16,29H,2-4,8-13,15H2,1H3. The molecule has 176 valence electrons. The van der Waals surface area contributed by atoms with Crippen molar-refractivity contribution < 1.29 is 13.5 Å². The predicted octanol–water partition coefficient (Wildman–Crippen LogP) is 3.13. The molecule has 0 bridgehead atoms. The zero-order valence-electron chi connectivity index (χ0n) is 18.8. The maximum absolute atomic E-state index is 11.8. The maximum atomic E-state index is 11.8. The van der Waals surface area contributed by atoms with Gasteiger partial charge in [-0.25, -0.2) is 18.4 Å². The van der Waals surface area contributed by atoms with Crippen molar-refractivity contribution in [2.24, 2.45) is 0 Å². The number of piperazine rings is 1. The first-order valence-electron chi connectivity index (χ1n) is 11.4. The normalized spacial score (nSPS) is 18.8. The molecular formula is C23H29N5O3S2. The van der Waals surface area contributed by atoms with E-state index in [1.807, 2.05) is 12.1 Å². The second kappa shape index (κ2) is 9.17. The molecule has 0 spiro atoms. The minimum absolute atomic E-state index is 0.222. The quantitative estimate of drug-likeness (QED) is 0.591. The van der Waals surface area contributed by atoms with Gasteiger partial charge in [-0.2, -0.15) is 4.31 Å². The molecule has 0 aliphatic carbocycles. The van der Waals surface area contributed by atoms with Gasteiger partial charge in [0, 0.05) is 56.9 Å². The summed E-state index contributed by atoms with van der Waals surface area (Å²) in [6.45, 7) is 5.08. The van der Waals surface area contributed by atoms with Crippen LogP contribution < -0.4 is 4.90 Å². The van der Waals surface area contributed by atoms with E-state index >= 15 is 0 Å². The minimum atomic E-state index is -3.14. The van der Waals surface area contributed by atoms with Crippen molar-refractivity contribution in [1.29, 1.82) is 0 Å². The Morgan fingerprint density at radius 1 is 1.03 bits per heavy atom. The molecule has 33 heavy (non-hydrogen) atoms. The third-order valence-corrected chi connectivity index (χ3v) is 8.76. The molecule has 10 heteroatoms. The van der Waals surface area contributed by atoms with Crippen LogP contribution in [0.4, 0.5) is 5.95 Å². The smallest absolute Gasteiger partial charge is 0.226 e. The number of aromatic hydroxyl groups is 1. The highest BCUT2D eigenvalue weighted by Crippen LogP contribution is 2.36. The highest BCUT2D eigenvalue weighted by atomic mass is 32.2. The monoisotopic (exact) mass is 487 g/mol. The highest BCUT2D eigenvalue weighted by molar-refractivity contribution is 7.88. The lowest BCUT2D eigenvalue weighted by atomic mass is 10.1. The van der Waals surface area contributed by atoms with Gasteiger partial charge in [-0.15, -0.1) is 11.3 Å². The highest BCUT2D eigenvalue weighted by Gasteiger charge is 2.25. The molecule has 0 saturated carbocycles. The molecule has 2 aliphatic rings. The minimum Gasteiger partial charge on any atom is -0.508 e. The molecule has 4 heterocycles. The number of hydrogen-bond acceptors (Lipinski definition) is 8. The summed E-state index contributed by atoms with van der Waals surface area (Å²) < 4.78 is 26.2. The summed E-state index contributed by atoms with van der Waals surface area (Å²) in [6.07, 6.45) is 4.80. The number of benzene rings is 1. The van der Waals surface area contributed by atoms with E-state index in [0.717, 1.165) is 65.5 Å². The van der Waals surface area contributed by atoms with E-state index < -0.39 is 10.0 Å². The summed E-state index contributed by atoms with van der Waals surface area (Å²) in [5.74, 6) is 0.974. The number of phenols is 1. The van der Waals surface area contributed by atoms with Crippen LogP contribution in [0.1, 0.15) is 24.8 Å². The number of hydrogen-bond donors (Lipinski definition) is 1. The average molecular weight is 488 g/mol. The molecule has 0 atom stereocenters. The van der Waals surface area contributed by atoms with Crippen molar-refractivity contribution in [1.82, 2.24) is 19.2 Å². The van der Waals surface area contributed by atoms with Crippen LogP contribution in [0, 0.1) is 0 Å². The number of anilines is 1. The molecule has 1 N–H and O–H groups in total. The van der Waals surface area contributed by atoms with Gasteiger partial charge in [-0.1, -0.05) is 12.1 Å². The second-order valence-electron chi connectivity index (χ2n) is 8.85. The van der Waals surface area contributed by atoms with E-state index in [0.29, 0.717) is 26.2 Å². The maximum Gasteiger partial charge on any atom is 0.226 e. The van der Waals surface area contributed by atoms with Crippen LogP contribution in [-0.4, -0.2) is 78.2 Å². The summed E-state index contributed by atoms with van der Waals surface area (Å²) in [4.78, 5) is 14.5. The third-order valence-electron chi connectivity index (χ3n) is 6.43. The van der Waals surface area contributed by atoms with E-state index in [-0.39, 0.29) is 5.75 Å². The van der Waals surface area contributed by atoms with Crippen LogP contribution in [0.2, 0.25) is 0 Å². The van der Waals surface area contributed by atoms with Crippen LogP contribution in [0.15, 0.2) is 29.6 Å². The topological polar surface area (TPSA) is 89.9 Å². The van der Waals surface area contributed by atoms with Crippen molar-refractivity contribution >= 4 is 37.5 Å². The fourth-order valence-electron chi connectivity index (χ4n) is 4.61. The van der Waals surface area contributed by atoms with Gasteiger partial charge in [-0.3, -0.25) is 4.90 Å². The molecule has 8 nitrogen and oxygen atoms in total. The number of phenolic OH excluding ortho intramolecular Hbond substituents is 1. The van der Waals surface area contributed by atoms with E-state index in [1.54, 1.807) is 27.8 Å². The predicted molar refractivity (Wildman–Crippen MR) is 132 cm³/mol.